The number of para-hydroxylation sites is 1. The van der Waals surface area contributed by atoms with Crippen molar-refractivity contribution in [2.75, 3.05) is 6.54 Å². The summed E-state index contributed by atoms with van der Waals surface area (Å²) in [4.78, 5) is 23.4. The second-order valence-electron chi connectivity index (χ2n) is 5.69. The molecule has 0 aliphatic rings. The first kappa shape index (κ1) is 16.4. The number of benzene rings is 2. The van der Waals surface area contributed by atoms with Crippen molar-refractivity contribution < 1.29 is 9.59 Å². The zero-order valence-corrected chi connectivity index (χ0v) is 13.8. The minimum atomic E-state index is -0.596. The van der Waals surface area contributed by atoms with Crippen molar-refractivity contribution in [3.05, 3.63) is 71.9 Å². The van der Waals surface area contributed by atoms with Crippen molar-refractivity contribution in [2.24, 2.45) is 5.73 Å². The van der Waals surface area contributed by atoms with Crippen LogP contribution in [0.15, 0.2) is 60.8 Å². The smallest absolute Gasteiger partial charge is 0.255 e. The lowest BCUT2D eigenvalue weighted by molar-refractivity contribution is -0.117. The summed E-state index contributed by atoms with van der Waals surface area (Å²) in [6.07, 6.45) is 1.66. The molecule has 0 saturated heterocycles. The Labute approximate surface area is 145 Å². The summed E-state index contributed by atoms with van der Waals surface area (Å²) in [5.41, 5.74) is 8.78. The van der Waals surface area contributed by atoms with Gasteiger partial charge in [-0.1, -0.05) is 42.0 Å². The average molecular weight is 334 g/mol. The van der Waals surface area contributed by atoms with Gasteiger partial charge >= 0.3 is 0 Å². The molecule has 6 nitrogen and oxygen atoms in total. The molecule has 126 valence electrons. The summed E-state index contributed by atoms with van der Waals surface area (Å²) in [6, 6.07) is 17.3. The molecule has 0 fully saturated rings. The van der Waals surface area contributed by atoms with Crippen molar-refractivity contribution in [1.29, 1.82) is 0 Å². The second kappa shape index (κ2) is 7.00. The summed E-state index contributed by atoms with van der Waals surface area (Å²) in [5.74, 6) is -0.988. The van der Waals surface area contributed by atoms with Gasteiger partial charge in [-0.25, -0.2) is 4.68 Å². The number of hydrogen-bond acceptors (Lipinski definition) is 3. The van der Waals surface area contributed by atoms with E-state index in [0.717, 1.165) is 16.8 Å². The molecule has 1 aromatic heterocycles. The highest BCUT2D eigenvalue weighted by Crippen LogP contribution is 2.24. The fraction of sp³-hybridized carbons (Fsp3) is 0.105. The number of aryl methyl sites for hydroxylation is 1. The lowest BCUT2D eigenvalue weighted by atomic mass is 10.1. The SMILES string of the molecule is Cc1cccc(-c2nn(-c3ccccc3)cc2C(=O)NCC(N)=O)c1. The number of nitrogens with one attached hydrogen (secondary N) is 1. The molecule has 0 aliphatic carbocycles. The van der Waals surface area contributed by atoms with Crippen LogP contribution in [0.2, 0.25) is 0 Å². The quantitative estimate of drug-likeness (QED) is 0.748. The second-order valence-corrected chi connectivity index (χ2v) is 5.69. The van der Waals surface area contributed by atoms with Crippen molar-refractivity contribution in [3.8, 4) is 16.9 Å². The first-order chi connectivity index (χ1) is 12.0. The number of nitrogens with two attached hydrogens (primary N) is 1. The third-order valence-corrected chi connectivity index (χ3v) is 3.69. The van der Waals surface area contributed by atoms with Crippen molar-refractivity contribution in [2.45, 2.75) is 6.92 Å². The fourth-order valence-corrected chi connectivity index (χ4v) is 2.52. The van der Waals surface area contributed by atoms with E-state index < -0.39 is 11.8 Å². The van der Waals surface area contributed by atoms with Crippen LogP contribution in [0.1, 0.15) is 15.9 Å². The van der Waals surface area contributed by atoms with E-state index in [1.165, 1.54) is 0 Å². The van der Waals surface area contributed by atoms with Crippen LogP contribution in [0.3, 0.4) is 0 Å². The highest BCUT2D eigenvalue weighted by Gasteiger charge is 2.19. The highest BCUT2D eigenvalue weighted by atomic mass is 16.2. The molecule has 3 N–H and O–H groups in total. The molecule has 1 heterocycles. The number of carbonyl (C=O) groups is 2. The van der Waals surface area contributed by atoms with Gasteiger partial charge in [0.25, 0.3) is 5.91 Å². The molecule has 3 rings (SSSR count). The number of carbonyl (C=O) groups excluding carboxylic acids is 2. The predicted molar refractivity (Wildman–Crippen MR) is 95.3 cm³/mol. The van der Waals surface area contributed by atoms with Crippen LogP contribution < -0.4 is 11.1 Å². The molecule has 2 amide bonds. The molecule has 0 bridgehead atoms. The molecule has 2 aromatic carbocycles. The monoisotopic (exact) mass is 334 g/mol. The third kappa shape index (κ3) is 3.74. The number of nitrogens with zero attached hydrogens (tertiary/aromatic N) is 2. The average Bonchev–Trinajstić information content (AvgIpc) is 3.06. The van der Waals surface area contributed by atoms with Crippen LogP contribution in [0, 0.1) is 6.92 Å². The van der Waals surface area contributed by atoms with E-state index in [4.69, 9.17) is 5.73 Å². The maximum absolute atomic E-state index is 12.5. The Hall–Kier alpha value is -3.41. The standard InChI is InChI=1S/C19H18N4O2/c1-13-6-5-7-14(10-13)18-16(19(25)21-11-17(20)24)12-23(22-18)15-8-3-2-4-9-15/h2-10,12H,11H2,1H3,(H2,20,24)(H,21,25). The van der Waals surface area contributed by atoms with Crippen LogP contribution in [0.5, 0.6) is 0 Å². The number of amides is 2. The van der Waals surface area contributed by atoms with Crippen molar-refractivity contribution >= 4 is 11.8 Å². The molecule has 0 unspecified atom stereocenters. The van der Waals surface area contributed by atoms with Gasteiger partial charge in [0.2, 0.25) is 5.91 Å². The summed E-state index contributed by atoms with van der Waals surface area (Å²) < 4.78 is 1.65. The zero-order valence-electron chi connectivity index (χ0n) is 13.8. The molecule has 0 atom stereocenters. The third-order valence-electron chi connectivity index (χ3n) is 3.69. The van der Waals surface area contributed by atoms with Gasteiger partial charge < -0.3 is 11.1 Å². The van der Waals surface area contributed by atoms with Crippen LogP contribution in [0.4, 0.5) is 0 Å². The Balaban J connectivity index is 2.06. The van der Waals surface area contributed by atoms with Crippen LogP contribution in [-0.4, -0.2) is 28.1 Å². The first-order valence-corrected chi connectivity index (χ1v) is 7.83. The highest BCUT2D eigenvalue weighted by molar-refractivity contribution is 6.01. The van der Waals surface area contributed by atoms with E-state index in [1.807, 2.05) is 61.5 Å². The normalized spacial score (nSPS) is 10.4. The Morgan fingerprint density at radius 2 is 1.88 bits per heavy atom. The van der Waals surface area contributed by atoms with Gasteiger partial charge in [0.1, 0.15) is 5.69 Å². The Morgan fingerprint density at radius 1 is 1.12 bits per heavy atom. The minimum absolute atomic E-state index is 0.220. The molecule has 0 aliphatic heterocycles. The van der Waals surface area contributed by atoms with Gasteiger partial charge in [-0.15, -0.1) is 0 Å². The van der Waals surface area contributed by atoms with Gasteiger partial charge in [-0.05, 0) is 25.1 Å². The molecular weight excluding hydrogens is 316 g/mol. The number of hydrogen-bond donors (Lipinski definition) is 2. The van der Waals surface area contributed by atoms with Crippen LogP contribution in [0.25, 0.3) is 16.9 Å². The number of rotatable bonds is 5. The Bertz CT molecular complexity index is 916. The van der Waals surface area contributed by atoms with Gasteiger partial charge in [0.05, 0.1) is 17.8 Å². The lowest BCUT2D eigenvalue weighted by Gasteiger charge is -2.04. The maximum Gasteiger partial charge on any atom is 0.255 e. The molecule has 3 aromatic rings. The van der Waals surface area contributed by atoms with Gasteiger partial charge in [0.15, 0.2) is 0 Å². The van der Waals surface area contributed by atoms with Gasteiger partial charge in [-0.2, -0.15) is 5.10 Å². The predicted octanol–water partition coefficient (Wildman–Crippen LogP) is 2.06. The van der Waals surface area contributed by atoms with Crippen molar-refractivity contribution in [1.82, 2.24) is 15.1 Å². The first-order valence-electron chi connectivity index (χ1n) is 7.83. The van der Waals surface area contributed by atoms with E-state index in [1.54, 1.807) is 10.9 Å². The minimum Gasteiger partial charge on any atom is -0.368 e. The largest absolute Gasteiger partial charge is 0.368 e. The topological polar surface area (TPSA) is 90.0 Å². The fourth-order valence-electron chi connectivity index (χ4n) is 2.52. The van der Waals surface area contributed by atoms with E-state index >= 15 is 0 Å². The van der Waals surface area contributed by atoms with E-state index in [0.29, 0.717) is 11.3 Å². The maximum atomic E-state index is 12.5. The van der Waals surface area contributed by atoms with Crippen molar-refractivity contribution in [3.63, 3.8) is 0 Å². The molecule has 6 heteroatoms. The van der Waals surface area contributed by atoms with Crippen LogP contribution >= 0.6 is 0 Å². The number of primary amides is 1. The molecule has 0 spiro atoms. The zero-order chi connectivity index (χ0) is 17.8. The summed E-state index contributed by atoms with van der Waals surface area (Å²) in [6.45, 7) is 1.76. The Morgan fingerprint density at radius 3 is 2.56 bits per heavy atom. The van der Waals surface area contributed by atoms with E-state index in [-0.39, 0.29) is 6.54 Å². The lowest BCUT2D eigenvalue weighted by Crippen LogP contribution is -2.33. The molecule has 0 radical (unpaired) electrons. The van der Waals surface area contributed by atoms with Gasteiger partial charge in [-0.3, -0.25) is 9.59 Å². The Kier molecular flexibility index (Phi) is 4.61. The number of aromatic nitrogens is 2. The van der Waals surface area contributed by atoms with Gasteiger partial charge in [0, 0.05) is 11.8 Å². The van der Waals surface area contributed by atoms with E-state index in [2.05, 4.69) is 10.4 Å². The molecule has 0 saturated carbocycles. The van der Waals surface area contributed by atoms with E-state index in [9.17, 15) is 9.59 Å². The summed E-state index contributed by atoms with van der Waals surface area (Å²) in [7, 11) is 0. The summed E-state index contributed by atoms with van der Waals surface area (Å²) >= 11 is 0. The summed E-state index contributed by atoms with van der Waals surface area (Å²) in [5, 5.41) is 7.10. The molecular formula is C19H18N4O2. The van der Waals surface area contributed by atoms with Crippen LogP contribution in [-0.2, 0) is 4.79 Å². The molecule has 25 heavy (non-hydrogen) atoms.